The molecule has 0 aliphatic carbocycles. The number of hydrogen-bond donors (Lipinski definition) is 1. The molecule has 1 aliphatic heterocycles. The number of anilines is 1. The highest BCUT2D eigenvalue weighted by molar-refractivity contribution is 5.93. The minimum atomic E-state index is -0.105. The smallest absolute Gasteiger partial charge is 0.214 e. The van der Waals surface area contributed by atoms with Crippen LogP contribution in [-0.2, 0) is 0 Å². The second-order valence-corrected chi connectivity index (χ2v) is 8.59. The number of rotatable bonds is 7. The van der Waals surface area contributed by atoms with Crippen LogP contribution in [0.5, 0.6) is 17.4 Å². The maximum atomic E-state index is 6.56. The lowest BCUT2D eigenvalue weighted by Crippen LogP contribution is -2.39. The summed E-state index contributed by atoms with van der Waals surface area (Å²) in [4.78, 5) is 6.99. The van der Waals surface area contributed by atoms with Gasteiger partial charge in [0.25, 0.3) is 0 Å². The highest BCUT2D eigenvalue weighted by Gasteiger charge is 2.38. The van der Waals surface area contributed by atoms with Gasteiger partial charge >= 0.3 is 0 Å². The first kappa shape index (κ1) is 22.2. The third kappa shape index (κ3) is 4.05. The summed E-state index contributed by atoms with van der Waals surface area (Å²) in [7, 11) is 3.24. The van der Waals surface area contributed by atoms with Crippen LogP contribution in [0.2, 0.25) is 0 Å². The standard InChI is InChI=1S/C26H29N5O3/c1-4-19(27)18-14-31(15-25(18)34-26-10-9-16-7-5-6-8-20(16)29-26)22-13-28-30-21-12-24(33-3)23(32-2)11-17(21)22/h5-13,18-19,25H,4,14-15,27H2,1-3H3. The van der Waals surface area contributed by atoms with Crippen LogP contribution in [0, 0.1) is 5.92 Å². The van der Waals surface area contributed by atoms with Gasteiger partial charge in [-0.05, 0) is 24.6 Å². The summed E-state index contributed by atoms with van der Waals surface area (Å²) < 4.78 is 17.4. The van der Waals surface area contributed by atoms with E-state index < -0.39 is 0 Å². The molecule has 176 valence electrons. The maximum absolute atomic E-state index is 6.56. The third-order valence-electron chi connectivity index (χ3n) is 6.64. The van der Waals surface area contributed by atoms with Crippen molar-refractivity contribution < 1.29 is 14.2 Å². The van der Waals surface area contributed by atoms with Gasteiger partial charge in [-0.2, -0.15) is 10.2 Å². The molecule has 2 aromatic carbocycles. The lowest BCUT2D eigenvalue weighted by Gasteiger charge is -2.24. The lowest BCUT2D eigenvalue weighted by molar-refractivity contribution is 0.151. The summed E-state index contributed by atoms with van der Waals surface area (Å²) in [5, 5.41) is 10.6. The number of benzene rings is 2. The fourth-order valence-corrected chi connectivity index (χ4v) is 4.73. The Morgan fingerprint density at radius 2 is 1.82 bits per heavy atom. The fraction of sp³-hybridized carbons (Fsp3) is 0.346. The van der Waals surface area contributed by atoms with Gasteiger partial charge in [-0.25, -0.2) is 4.98 Å². The van der Waals surface area contributed by atoms with Gasteiger partial charge in [0, 0.05) is 41.4 Å². The number of pyridine rings is 1. The molecule has 0 amide bonds. The molecule has 34 heavy (non-hydrogen) atoms. The molecule has 0 saturated carbocycles. The lowest BCUT2D eigenvalue weighted by atomic mass is 9.95. The number of aromatic nitrogens is 3. The summed E-state index contributed by atoms with van der Waals surface area (Å²) >= 11 is 0. The van der Waals surface area contributed by atoms with Crippen LogP contribution in [0.4, 0.5) is 5.69 Å². The molecular formula is C26H29N5O3. The Morgan fingerprint density at radius 3 is 2.62 bits per heavy atom. The van der Waals surface area contributed by atoms with Crippen LogP contribution in [0.1, 0.15) is 13.3 Å². The summed E-state index contributed by atoms with van der Waals surface area (Å²) in [5.74, 6) is 2.03. The zero-order valence-electron chi connectivity index (χ0n) is 19.6. The number of methoxy groups -OCH3 is 2. The molecule has 4 aromatic rings. The van der Waals surface area contributed by atoms with Gasteiger partial charge in [-0.3, -0.25) is 0 Å². The highest BCUT2D eigenvalue weighted by Crippen LogP contribution is 2.37. The van der Waals surface area contributed by atoms with E-state index in [1.54, 1.807) is 20.4 Å². The van der Waals surface area contributed by atoms with Crippen LogP contribution >= 0.6 is 0 Å². The molecule has 8 heteroatoms. The van der Waals surface area contributed by atoms with E-state index in [1.165, 1.54) is 0 Å². The van der Waals surface area contributed by atoms with Crippen molar-refractivity contribution in [2.24, 2.45) is 11.7 Å². The third-order valence-corrected chi connectivity index (χ3v) is 6.64. The van der Waals surface area contributed by atoms with Crippen molar-refractivity contribution in [3.8, 4) is 17.4 Å². The second-order valence-electron chi connectivity index (χ2n) is 8.59. The van der Waals surface area contributed by atoms with E-state index in [1.807, 2.05) is 48.5 Å². The van der Waals surface area contributed by atoms with Gasteiger partial charge in [0.1, 0.15) is 6.10 Å². The maximum Gasteiger partial charge on any atom is 0.214 e. The summed E-state index contributed by atoms with van der Waals surface area (Å²) in [6.07, 6.45) is 2.55. The van der Waals surface area contributed by atoms with Gasteiger partial charge in [0.05, 0.1) is 43.7 Å². The van der Waals surface area contributed by atoms with E-state index in [-0.39, 0.29) is 18.1 Å². The molecule has 0 radical (unpaired) electrons. The fourth-order valence-electron chi connectivity index (χ4n) is 4.73. The predicted octanol–water partition coefficient (Wildman–Crippen LogP) is 3.82. The van der Waals surface area contributed by atoms with E-state index in [2.05, 4.69) is 22.0 Å². The van der Waals surface area contributed by atoms with E-state index in [4.69, 9.17) is 24.9 Å². The number of nitrogens with two attached hydrogens (primary N) is 1. The molecule has 2 aromatic heterocycles. The molecular weight excluding hydrogens is 430 g/mol. The van der Waals surface area contributed by atoms with Crippen LogP contribution < -0.4 is 24.8 Å². The minimum Gasteiger partial charge on any atom is -0.493 e. The SMILES string of the molecule is CCC(N)C1CN(c2cnnc3cc(OC)c(OC)cc23)CC1Oc1ccc2ccccc2n1. The molecule has 1 saturated heterocycles. The van der Waals surface area contributed by atoms with Gasteiger partial charge < -0.3 is 24.8 Å². The number of para-hydroxylation sites is 1. The molecule has 0 bridgehead atoms. The Kier molecular flexibility index (Phi) is 6.06. The predicted molar refractivity (Wildman–Crippen MR) is 133 cm³/mol. The first-order valence-electron chi connectivity index (χ1n) is 11.5. The molecule has 0 spiro atoms. The Hall–Kier alpha value is -3.65. The van der Waals surface area contributed by atoms with Crippen LogP contribution in [-0.4, -0.2) is 54.6 Å². The van der Waals surface area contributed by atoms with E-state index in [0.29, 0.717) is 23.9 Å². The summed E-state index contributed by atoms with van der Waals surface area (Å²) in [6.45, 7) is 3.53. The molecule has 3 unspecified atom stereocenters. The first-order chi connectivity index (χ1) is 16.6. The molecule has 5 rings (SSSR count). The molecule has 2 N–H and O–H groups in total. The molecule has 1 fully saturated rings. The Balaban J connectivity index is 1.48. The van der Waals surface area contributed by atoms with E-state index in [0.717, 1.165) is 40.5 Å². The van der Waals surface area contributed by atoms with Crippen molar-refractivity contribution in [3.63, 3.8) is 0 Å². The zero-order chi connectivity index (χ0) is 23.7. The zero-order valence-corrected chi connectivity index (χ0v) is 19.6. The molecule has 3 heterocycles. The van der Waals surface area contributed by atoms with Gasteiger partial charge in [-0.1, -0.05) is 25.1 Å². The van der Waals surface area contributed by atoms with Crippen molar-refractivity contribution in [2.75, 3.05) is 32.2 Å². The van der Waals surface area contributed by atoms with Crippen LogP contribution in [0.3, 0.4) is 0 Å². The van der Waals surface area contributed by atoms with Gasteiger partial charge in [0.15, 0.2) is 11.5 Å². The number of nitrogens with zero attached hydrogens (tertiary/aromatic N) is 4. The Morgan fingerprint density at radius 1 is 1.03 bits per heavy atom. The number of hydrogen-bond acceptors (Lipinski definition) is 8. The van der Waals surface area contributed by atoms with Crippen molar-refractivity contribution in [1.29, 1.82) is 0 Å². The Bertz CT molecular complexity index is 1310. The van der Waals surface area contributed by atoms with Crippen molar-refractivity contribution >= 4 is 27.5 Å². The van der Waals surface area contributed by atoms with Crippen LogP contribution in [0.25, 0.3) is 21.8 Å². The van der Waals surface area contributed by atoms with Crippen molar-refractivity contribution in [3.05, 3.63) is 54.7 Å². The van der Waals surface area contributed by atoms with Gasteiger partial charge in [-0.15, -0.1) is 0 Å². The Labute approximate surface area is 198 Å². The number of ether oxygens (including phenoxy) is 3. The molecule has 1 aliphatic rings. The van der Waals surface area contributed by atoms with E-state index in [9.17, 15) is 0 Å². The summed E-state index contributed by atoms with van der Waals surface area (Å²) in [6, 6.07) is 15.8. The first-order valence-corrected chi connectivity index (χ1v) is 11.5. The van der Waals surface area contributed by atoms with Crippen molar-refractivity contribution in [1.82, 2.24) is 15.2 Å². The average molecular weight is 460 g/mol. The quantitative estimate of drug-likeness (QED) is 0.446. The second kappa shape index (κ2) is 9.30. The normalized spacial score (nSPS) is 18.9. The summed E-state index contributed by atoms with van der Waals surface area (Å²) in [5.41, 5.74) is 9.18. The van der Waals surface area contributed by atoms with Gasteiger partial charge in [0.2, 0.25) is 5.88 Å². The van der Waals surface area contributed by atoms with Crippen molar-refractivity contribution in [2.45, 2.75) is 25.5 Å². The highest BCUT2D eigenvalue weighted by atomic mass is 16.5. The topological polar surface area (TPSA) is 95.6 Å². The largest absolute Gasteiger partial charge is 0.493 e. The molecule has 8 nitrogen and oxygen atoms in total. The number of fused-ring (bicyclic) bond motifs is 2. The average Bonchev–Trinajstić information content (AvgIpc) is 3.30. The monoisotopic (exact) mass is 459 g/mol. The van der Waals surface area contributed by atoms with E-state index >= 15 is 0 Å². The minimum absolute atomic E-state index is 0.00569. The van der Waals surface area contributed by atoms with Crippen LogP contribution in [0.15, 0.2) is 54.7 Å². The molecule has 3 atom stereocenters.